The van der Waals surface area contributed by atoms with E-state index < -0.39 is 65.6 Å². The van der Waals surface area contributed by atoms with Gasteiger partial charge >= 0.3 is 5.97 Å². The lowest BCUT2D eigenvalue weighted by atomic mass is 9.78. The summed E-state index contributed by atoms with van der Waals surface area (Å²) >= 11 is 0. The van der Waals surface area contributed by atoms with Gasteiger partial charge in [0.2, 0.25) is 5.79 Å². The van der Waals surface area contributed by atoms with E-state index in [0.29, 0.717) is 56.9 Å². The molecule has 2 aliphatic heterocycles. The minimum Gasteiger partial charge on any atom is -0.460 e. The normalized spacial score (nSPS) is 27.6. The fourth-order valence-electron chi connectivity index (χ4n) is 10.2. The van der Waals surface area contributed by atoms with Crippen LogP contribution in [0.5, 0.6) is 0 Å². The maximum Gasteiger partial charge on any atom is 0.329 e. The Morgan fingerprint density at radius 2 is 1.64 bits per heavy atom. The SMILES string of the molecule is CC[C@H](OC)C(C)=CC=CC=C[C@@H](C)C[C@@H](C)C(=O)[C@H](OC)[C@H](O)C(C)C=C(C)C(=O)C[C@H](OC(=O)[C@@H]1CCCCN1C(=O)C(=O)[C@]1(O)OCCC[C@H]1C)[C@H](C)C[C@@H]1CC[C@@H](OCCO)[C@H](OC)C1. The van der Waals surface area contributed by atoms with Gasteiger partial charge in [-0.25, -0.2) is 4.79 Å². The third-order valence-corrected chi connectivity index (χ3v) is 14.6. The Morgan fingerprint density at radius 3 is 2.28 bits per heavy atom. The Hall–Kier alpha value is -3.41. The molecular formula is C54H87NO14. The zero-order chi connectivity index (χ0) is 51.4. The van der Waals surface area contributed by atoms with Gasteiger partial charge in [0.1, 0.15) is 18.2 Å². The molecule has 0 bridgehead atoms. The number of rotatable bonds is 28. The summed E-state index contributed by atoms with van der Waals surface area (Å²) in [5.74, 6) is -7.55. The van der Waals surface area contributed by atoms with Gasteiger partial charge in [0, 0.05) is 52.0 Å². The molecule has 3 N–H and O–H groups in total. The van der Waals surface area contributed by atoms with Crippen molar-refractivity contribution in [2.24, 2.45) is 35.5 Å². The molecule has 0 spiro atoms. The predicted molar refractivity (Wildman–Crippen MR) is 263 cm³/mol. The molecule has 0 aromatic carbocycles. The lowest BCUT2D eigenvalue weighted by Gasteiger charge is -2.40. The standard InChI is InChI=1S/C54H87NO14/c1-12-44(64-9)35(3)20-15-13-14-19-34(2)29-38(6)48(58)50(66-11)49(59)39(7)30-36(4)43(57)33-46(37(5)31-41-23-24-45(67-28-26-56)47(32-41)65-10)69-53(62)42-22-16-17-25-55(42)52(61)51(60)54(63)40(8)21-18-27-68-54/h13-15,19-20,30,34,37-42,44-47,49-50,56,59,63H,12,16-18,21-29,31-33H2,1-11H3/t34-,37-,38-,39?,40-,41+,42+,44+,45-,46+,47-,49-,50+,54-/m1/s1. The first-order valence-electron chi connectivity index (χ1n) is 25.5. The summed E-state index contributed by atoms with van der Waals surface area (Å²) in [4.78, 5) is 70.7. The number of likely N-dealkylation sites (tertiary alicyclic amines) is 1. The number of amides is 1. The summed E-state index contributed by atoms with van der Waals surface area (Å²) in [7, 11) is 4.71. The van der Waals surface area contributed by atoms with Crippen LogP contribution in [0.4, 0.5) is 0 Å². The molecular weight excluding hydrogens is 887 g/mol. The van der Waals surface area contributed by atoms with Crippen LogP contribution in [0, 0.1) is 35.5 Å². The highest BCUT2D eigenvalue weighted by Crippen LogP contribution is 2.36. The highest BCUT2D eigenvalue weighted by atomic mass is 16.6. The van der Waals surface area contributed by atoms with Crippen molar-refractivity contribution < 1.29 is 67.7 Å². The Labute approximate surface area is 412 Å². The minimum atomic E-state index is -2.29. The van der Waals surface area contributed by atoms with Gasteiger partial charge in [-0.15, -0.1) is 0 Å². The molecule has 1 unspecified atom stereocenters. The van der Waals surface area contributed by atoms with Crippen molar-refractivity contribution in [3.8, 4) is 0 Å². The Morgan fingerprint density at radius 1 is 0.913 bits per heavy atom. The van der Waals surface area contributed by atoms with Gasteiger partial charge in [-0.1, -0.05) is 78.0 Å². The monoisotopic (exact) mass is 974 g/mol. The molecule has 0 aromatic rings. The van der Waals surface area contributed by atoms with Gasteiger partial charge in [-0.2, -0.15) is 0 Å². The molecule has 3 fully saturated rings. The van der Waals surface area contributed by atoms with Crippen LogP contribution in [0.3, 0.4) is 0 Å². The highest BCUT2D eigenvalue weighted by Gasteiger charge is 2.51. The lowest BCUT2D eigenvalue weighted by molar-refractivity contribution is -0.241. The smallest absolute Gasteiger partial charge is 0.329 e. The Bertz CT molecular complexity index is 1770. The third kappa shape index (κ3) is 17.4. The van der Waals surface area contributed by atoms with Gasteiger partial charge in [-0.3, -0.25) is 19.2 Å². The second-order valence-corrected chi connectivity index (χ2v) is 20.0. The quantitative estimate of drug-likeness (QED) is 0.0318. The number of hydrogen-bond acceptors (Lipinski definition) is 14. The van der Waals surface area contributed by atoms with Crippen molar-refractivity contribution in [1.82, 2.24) is 4.90 Å². The van der Waals surface area contributed by atoms with E-state index in [1.54, 1.807) is 41.1 Å². The molecule has 2 heterocycles. The van der Waals surface area contributed by atoms with Crippen molar-refractivity contribution in [1.29, 1.82) is 0 Å². The van der Waals surface area contributed by atoms with Gasteiger partial charge in [0.25, 0.3) is 11.7 Å². The maximum absolute atomic E-state index is 14.3. The van der Waals surface area contributed by atoms with Crippen LogP contribution in [0.1, 0.15) is 132 Å². The first-order valence-corrected chi connectivity index (χ1v) is 25.5. The number of aliphatic hydroxyl groups is 3. The van der Waals surface area contributed by atoms with E-state index in [2.05, 4.69) is 6.92 Å². The second-order valence-electron chi connectivity index (χ2n) is 20.0. The van der Waals surface area contributed by atoms with Gasteiger partial charge in [0.05, 0.1) is 44.2 Å². The molecule has 3 rings (SSSR count). The summed E-state index contributed by atoms with van der Waals surface area (Å²) in [6.07, 6.45) is 14.4. The fourth-order valence-corrected chi connectivity index (χ4v) is 10.2. The molecule has 15 nitrogen and oxygen atoms in total. The third-order valence-electron chi connectivity index (χ3n) is 14.6. The predicted octanol–water partition coefficient (Wildman–Crippen LogP) is 6.83. The number of methoxy groups -OCH3 is 3. The van der Waals surface area contributed by atoms with E-state index in [-0.39, 0.29) is 86.8 Å². The van der Waals surface area contributed by atoms with Gasteiger partial charge in [-0.05, 0) is 113 Å². The average molecular weight is 974 g/mol. The van der Waals surface area contributed by atoms with E-state index in [1.165, 1.54) is 12.0 Å². The number of esters is 1. The number of ether oxygens (including phenoxy) is 6. The number of Topliss-reactive ketones (excluding diaryl/α,β-unsaturated/α-hetero) is 3. The van der Waals surface area contributed by atoms with Gasteiger partial charge in [0.15, 0.2) is 11.6 Å². The number of carbonyl (C=O) groups is 5. The molecule has 0 radical (unpaired) electrons. The molecule has 3 aliphatic rings. The average Bonchev–Trinajstić information content (AvgIpc) is 3.33. The second kappa shape index (κ2) is 29.8. The van der Waals surface area contributed by atoms with Crippen LogP contribution in [0.15, 0.2) is 47.6 Å². The van der Waals surface area contributed by atoms with E-state index in [0.717, 1.165) is 18.4 Å². The number of carbonyl (C=O) groups excluding carboxylic acids is 5. The largest absolute Gasteiger partial charge is 0.460 e. The van der Waals surface area contributed by atoms with E-state index in [1.807, 2.05) is 58.1 Å². The van der Waals surface area contributed by atoms with E-state index in [4.69, 9.17) is 28.4 Å². The van der Waals surface area contributed by atoms with Crippen molar-refractivity contribution >= 4 is 29.2 Å². The number of allylic oxidation sites excluding steroid dienone is 6. The maximum atomic E-state index is 14.3. The molecule has 14 atom stereocenters. The zero-order valence-electron chi connectivity index (χ0n) is 43.6. The van der Waals surface area contributed by atoms with E-state index in [9.17, 15) is 39.3 Å². The summed E-state index contributed by atoms with van der Waals surface area (Å²) in [5, 5.41) is 32.0. The first kappa shape index (κ1) is 59.9. The molecule has 1 amide bonds. The molecule has 0 aromatic heterocycles. The Balaban J connectivity index is 1.78. The molecule has 1 aliphatic carbocycles. The van der Waals surface area contributed by atoms with Gasteiger partial charge < -0.3 is 48.6 Å². The fraction of sp³-hybridized carbons (Fsp3) is 0.759. The number of aliphatic hydroxyl groups excluding tert-OH is 2. The number of nitrogens with zero attached hydrogens (tertiary/aromatic N) is 1. The summed E-state index contributed by atoms with van der Waals surface area (Å²) < 4.78 is 34.4. The number of ketones is 3. The van der Waals surface area contributed by atoms with Crippen LogP contribution in [-0.4, -0.2) is 146 Å². The number of hydrogen-bond donors (Lipinski definition) is 3. The summed E-state index contributed by atoms with van der Waals surface area (Å²) in [6, 6.07) is -1.11. The van der Waals surface area contributed by atoms with Crippen LogP contribution in [0.2, 0.25) is 0 Å². The van der Waals surface area contributed by atoms with Crippen LogP contribution < -0.4 is 0 Å². The van der Waals surface area contributed by atoms with E-state index >= 15 is 0 Å². The molecule has 1 saturated carbocycles. The van der Waals surface area contributed by atoms with Crippen LogP contribution >= 0.6 is 0 Å². The highest BCUT2D eigenvalue weighted by molar-refractivity contribution is 6.39. The van der Waals surface area contributed by atoms with Crippen molar-refractivity contribution in [2.45, 2.75) is 181 Å². The summed E-state index contributed by atoms with van der Waals surface area (Å²) in [5.41, 5.74) is 1.44. The molecule has 15 heteroatoms. The molecule has 392 valence electrons. The van der Waals surface area contributed by atoms with Crippen molar-refractivity contribution in [3.63, 3.8) is 0 Å². The van der Waals surface area contributed by atoms with Crippen LogP contribution in [0.25, 0.3) is 0 Å². The first-order chi connectivity index (χ1) is 32.8. The zero-order valence-corrected chi connectivity index (χ0v) is 43.6. The molecule has 2 saturated heterocycles. The van der Waals surface area contributed by atoms with Crippen LogP contribution in [-0.2, 0) is 52.4 Å². The van der Waals surface area contributed by atoms with Crippen molar-refractivity contribution in [2.75, 3.05) is 47.7 Å². The Kier molecular flexibility index (Phi) is 25.9. The topological polar surface area (TPSA) is 205 Å². The molecule has 69 heavy (non-hydrogen) atoms. The summed E-state index contributed by atoms with van der Waals surface area (Å²) in [6.45, 7) is 15.2. The van der Waals surface area contributed by atoms with Crippen molar-refractivity contribution in [3.05, 3.63) is 47.6 Å². The lowest BCUT2D eigenvalue weighted by Crippen LogP contribution is -2.59. The minimum absolute atomic E-state index is 0.0661. The number of piperidine rings is 1.